The van der Waals surface area contributed by atoms with E-state index in [1.807, 2.05) is 0 Å². The van der Waals surface area contributed by atoms with Crippen molar-refractivity contribution in [3.63, 3.8) is 0 Å². The normalized spacial score (nSPS) is 14.7. The van der Waals surface area contributed by atoms with Crippen molar-refractivity contribution >= 4 is 32.6 Å². The predicted molar refractivity (Wildman–Crippen MR) is 120 cm³/mol. The maximum absolute atomic E-state index is 13.2. The Balaban J connectivity index is 1.72. The van der Waals surface area contributed by atoms with Crippen LogP contribution in [0.3, 0.4) is 0 Å². The van der Waals surface area contributed by atoms with Gasteiger partial charge in [0.25, 0.3) is 5.91 Å². The highest BCUT2D eigenvalue weighted by atomic mass is 32.2. The number of nitrogens with one attached hydrogen (secondary N) is 1. The summed E-state index contributed by atoms with van der Waals surface area (Å²) in [5.41, 5.74) is 0.306. The molecule has 2 heterocycles. The highest BCUT2D eigenvalue weighted by Gasteiger charge is 2.30. The Bertz CT molecular complexity index is 1360. The maximum Gasteiger partial charge on any atom is 0.336 e. The molecule has 0 atom stereocenters. The second-order valence-corrected chi connectivity index (χ2v) is 9.12. The molecule has 1 amide bonds. The first-order valence-electron chi connectivity index (χ1n) is 10.0. The van der Waals surface area contributed by atoms with Gasteiger partial charge in [-0.05, 0) is 30.3 Å². The SMILES string of the molecule is COc1cc(S(=O)(=O)N2CCOCC2)cc(C(=O)Nc2ccc3oc(=O)ccc3c2)c1OC. The lowest BCUT2D eigenvalue weighted by Crippen LogP contribution is -2.40. The molecule has 10 nitrogen and oxygen atoms in total. The van der Waals surface area contributed by atoms with Crippen molar-refractivity contribution in [2.75, 3.05) is 45.8 Å². The van der Waals surface area contributed by atoms with Gasteiger partial charge in [-0.1, -0.05) is 0 Å². The molecule has 4 rings (SSSR count). The van der Waals surface area contributed by atoms with Crippen LogP contribution in [0, 0.1) is 0 Å². The lowest BCUT2D eigenvalue weighted by Gasteiger charge is -2.26. The number of methoxy groups -OCH3 is 2. The third-order valence-electron chi connectivity index (χ3n) is 5.18. The molecule has 1 saturated heterocycles. The van der Waals surface area contributed by atoms with Gasteiger partial charge in [0.15, 0.2) is 11.5 Å². The lowest BCUT2D eigenvalue weighted by atomic mass is 10.1. The third kappa shape index (κ3) is 4.56. The molecule has 3 aromatic rings. The Kier molecular flexibility index (Phi) is 6.36. The molecule has 0 spiro atoms. The fourth-order valence-electron chi connectivity index (χ4n) is 3.54. The lowest BCUT2D eigenvalue weighted by molar-refractivity contribution is 0.0730. The number of hydrogen-bond acceptors (Lipinski definition) is 8. The van der Waals surface area contributed by atoms with E-state index in [0.29, 0.717) is 29.9 Å². The molecule has 174 valence electrons. The van der Waals surface area contributed by atoms with E-state index in [9.17, 15) is 18.0 Å². The van der Waals surface area contributed by atoms with Gasteiger partial charge < -0.3 is 23.9 Å². The van der Waals surface area contributed by atoms with Gasteiger partial charge in [0, 0.05) is 36.3 Å². The zero-order valence-electron chi connectivity index (χ0n) is 18.0. The minimum Gasteiger partial charge on any atom is -0.493 e. The Morgan fingerprint density at radius 2 is 1.79 bits per heavy atom. The Labute approximate surface area is 189 Å². The number of amides is 1. The molecular formula is C22H22N2O8S. The highest BCUT2D eigenvalue weighted by molar-refractivity contribution is 7.89. The number of nitrogens with zero attached hydrogens (tertiary/aromatic N) is 1. The smallest absolute Gasteiger partial charge is 0.336 e. The highest BCUT2D eigenvalue weighted by Crippen LogP contribution is 2.36. The number of fused-ring (bicyclic) bond motifs is 1. The number of sulfonamides is 1. The van der Waals surface area contributed by atoms with Crippen LogP contribution in [0.15, 0.2) is 56.6 Å². The van der Waals surface area contributed by atoms with Crippen LogP contribution in [0.25, 0.3) is 11.0 Å². The fraction of sp³-hybridized carbons (Fsp3) is 0.273. The summed E-state index contributed by atoms with van der Waals surface area (Å²) in [6.07, 6.45) is 0. The second kappa shape index (κ2) is 9.22. The van der Waals surface area contributed by atoms with Crippen molar-refractivity contribution < 1.29 is 31.8 Å². The first kappa shape index (κ1) is 22.8. The fourth-order valence-corrected chi connectivity index (χ4v) is 4.99. The van der Waals surface area contributed by atoms with E-state index in [2.05, 4.69) is 5.32 Å². The Morgan fingerprint density at radius 3 is 2.48 bits per heavy atom. The van der Waals surface area contributed by atoms with E-state index in [0.717, 1.165) is 0 Å². The van der Waals surface area contributed by atoms with E-state index >= 15 is 0 Å². The summed E-state index contributed by atoms with van der Waals surface area (Å²) in [5, 5.41) is 3.34. The predicted octanol–water partition coefficient (Wildman–Crippen LogP) is 2.08. The van der Waals surface area contributed by atoms with Crippen LogP contribution in [-0.2, 0) is 14.8 Å². The topological polar surface area (TPSA) is 124 Å². The van der Waals surface area contributed by atoms with Crippen LogP contribution in [0.1, 0.15) is 10.4 Å². The first-order valence-corrected chi connectivity index (χ1v) is 11.5. The first-order chi connectivity index (χ1) is 15.8. The zero-order chi connectivity index (χ0) is 23.6. The number of benzene rings is 2. The molecule has 0 unspecified atom stereocenters. The molecule has 1 fully saturated rings. The second-order valence-electron chi connectivity index (χ2n) is 7.18. The van der Waals surface area contributed by atoms with Crippen molar-refractivity contribution in [1.29, 1.82) is 0 Å². The molecule has 0 saturated carbocycles. The van der Waals surface area contributed by atoms with Gasteiger partial charge >= 0.3 is 5.63 Å². The summed E-state index contributed by atoms with van der Waals surface area (Å²) in [4.78, 5) is 24.4. The summed E-state index contributed by atoms with van der Waals surface area (Å²) in [5.74, 6) is -0.388. The number of morpholine rings is 1. The summed E-state index contributed by atoms with van der Waals surface area (Å²) in [6, 6.07) is 10.2. The van der Waals surface area contributed by atoms with Crippen molar-refractivity contribution in [2.45, 2.75) is 4.90 Å². The average Bonchev–Trinajstić information content (AvgIpc) is 2.83. The number of rotatable bonds is 6. The van der Waals surface area contributed by atoms with Crippen LogP contribution in [0.2, 0.25) is 0 Å². The number of anilines is 1. The summed E-state index contributed by atoms with van der Waals surface area (Å²) in [7, 11) is -1.16. The molecule has 0 bridgehead atoms. The van der Waals surface area contributed by atoms with Crippen molar-refractivity contribution in [3.05, 3.63) is 58.4 Å². The van der Waals surface area contributed by atoms with Crippen molar-refractivity contribution in [1.82, 2.24) is 4.31 Å². The van der Waals surface area contributed by atoms with Crippen molar-refractivity contribution in [3.8, 4) is 11.5 Å². The quantitative estimate of drug-likeness (QED) is 0.539. The van der Waals surface area contributed by atoms with Gasteiger partial charge in [-0.3, -0.25) is 4.79 Å². The van der Waals surface area contributed by atoms with E-state index in [1.165, 1.54) is 36.7 Å². The molecule has 11 heteroatoms. The molecule has 1 N–H and O–H groups in total. The Morgan fingerprint density at radius 1 is 1.03 bits per heavy atom. The van der Waals surface area contributed by atoms with Crippen LogP contribution < -0.4 is 20.4 Å². The standard InChI is InChI=1S/C22H22N2O8S/c1-29-19-13-16(33(27,28)24-7-9-31-10-8-24)12-17(21(19)30-2)22(26)23-15-4-5-18-14(11-15)3-6-20(25)32-18/h3-6,11-13H,7-10H2,1-2H3,(H,23,26). The molecule has 33 heavy (non-hydrogen) atoms. The largest absolute Gasteiger partial charge is 0.493 e. The van der Waals surface area contributed by atoms with E-state index in [-0.39, 0.29) is 35.0 Å². The maximum atomic E-state index is 13.2. The van der Waals surface area contributed by atoms with Gasteiger partial charge in [-0.2, -0.15) is 4.31 Å². The van der Waals surface area contributed by atoms with Gasteiger partial charge in [-0.15, -0.1) is 0 Å². The van der Waals surface area contributed by atoms with E-state index in [4.69, 9.17) is 18.6 Å². The summed E-state index contributed by atoms with van der Waals surface area (Å²) >= 11 is 0. The number of carbonyl (C=O) groups excluding carboxylic acids is 1. The molecule has 0 radical (unpaired) electrons. The van der Waals surface area contributed by atoms with Crippen LogP contribution in [-0.4, -0.2) is 59.2 Å². The van der Waals surface area contributed by atoms with Gasteiger partial charge in [-0.25, -0.2) is 13.2 Å². The molecule has 1 aromatic heterocycles. The number of hydrogen-bond donors (Lipinski definition) is 1. The summed E-state index contributed by atoms with van der Waals surface area (Å²) in [6.45, 7) is 1.01. The zero-order valence-corrected chi connectivity index (χ0v) is 18.8. The van der Waals surface area contributed by atoms with Crippen LogP contribution in [0.5, 0.6) is 11.5 Å². The number of carbonyl (C=O) groups is 1. The van der Waals surface area contributed by atoms with Crippen LogP contribution >= 0.6 is 0 Å². The Hall–Kier alpha value is -3.41. The summed E-state index contributed by atoms with van der Waals surface area (Å²) < 4.78 is 48.6. The van der Waals surface area contributed by atoms with Crippen molar-refractivity contribution in [2.24, 2.45) is 0 Å². The minimum absolute atomic E-state index is 0.0108. The average molecular weight is 474 g/mol. The molecule has 1 aliphatic heterocycles. The molecule has 0 aliphatic carbocycles. The van der Waals surface area contributed by atoms with Gasteiger partial charge in [0.2, 0.25) is 10.0 Å². The van der Waals surface area contributed by atoms with E-state index < -0.39 is 21.6 Å². The van der Waals surface area contributed by atoms with Gasteiger partial charge in [0.1, 0.15) is 5.58 Å². The van der Waals surface area contributed by atoms with E-state index in [1.54, 1.807) is 24.3 Å². The van der Waals surface area contributed by atoms with Crippen LogP contribution in [0.4, 0.5) is 5.69 Å². The molecule has 2 aromatic carbocycles. The minimum atomic E-state index is -3.89. The monoisotopic (exact) mass is 474 g/mol. The number of ether oxygens (including phenoxy) is 3. The van der Waals surface area contributed by atoms with Gasteiger partial charge in [0.05, 0.1) is 37.9 Å². The molecular weight excluding hydrogens is 452 g/mol. The molecule has 1 aliphatic rings. The third-order valence-corrected chi connectivity index (χ3v) is 7.06.